The van der Waals surface area contributed by atoms with Gasteiger partial charge in [0.05, 0.1) is 0 Å². The lowest BCUT2D eigenvalue weighted by Gasteiger charge is -2.32. The normalized spacial score (nSPS) is 16.3. The van der Waals surface area contributed by atoms with Crippen LogP contribution >= 0.6 is 15.9 Å². The number of carbonyl (C=O) groups excluding carboxylic acids is 2. The van der Waals surface area contributed by atoms with Crippen molar-refractivity contribution < 1.29 is 19.1 Å². The average molecular weight is 431 g/mol. The molecule has 2 aromatic carbocycles. The van der Waals surface area contributed by atoms with Crippen molar-refractivity contribution in [3.8, 4) is 11.5 Å². The lowest BCUT2D eigenvalue weighted by atomic mass is 10.0. The van der Waals surface area contributed by atoms with Crippen LogP contribution < -0.4 is 14.8 Å². The van der Waals surface area contributed by atoms with Crippen LogP contribution in [0.3, 0.4) is 0 Å². The molecule has 6 nitrogen and oxygen atoms in total. The summed E-state index contributed by atoms with van der Waals surface area (Å²) in [5.41, 5.74) is 1.22. The highest BCUT2D eigenvalue weighted by Gasteiger charge is 2.25. The first-order valence-electron chi connectivity index (χ1n) is 8.85. The maximum absolute atomic E-state index is 12.6. The number of halogens is 1. The van der Waals surface area contributed by atoms with Gasteiger partial charge < -0.3 is 19.7 Å². The highest BCUT2D eigenvalue weighted by molar-refractivity contribution is 9.10. The molecule has 0 saturated carbocycles. The van der Waals surface area contributed by atoms with E-state index >= 15 is 0 Å². The second-order valence-electron chi connectivity index (χ2n) is 6.62. The van der Waals surface area contributed by atoms with Crippen LogP contribution in [0.15, 0.2) is 46.9 Å². The van der Waals surface area contributed by atoms with Crippen LogP contribution in [0.25, 0.3) is 0 Å². The van der Waals surface area contributed by atoms with E-state index in [1.54, 1.807) is 18.2 Å². The summed E-state index contributed by atoms with van der Waals surface area (Å²) in [6.07, 6.45) is 1.46. The molecule has 0 atom stereocenters. The number of ether oxygens (including phenoxy) is 2. The van der Waals surface area contributed by atoms with Crippen LogP contribution in [0, 0.1) is 0 Å². The minimum atomic E-state index is -0.134. The quantitative estimate of drug-likeness (QED) is 0.811. The van der Waals surface area contributed by atoms with E-state index in [9.17, 15) is 9.59 Å². The molecule has 1 fully saturated rings. The Morgan fingerprint density at radius 1 is 1.00 bits per heavy atom. The molecular formula is C20H19BrN2O4. The monoisotopic (exact) mass is 430 g/mol. The topological polar surface area (TPSA) is 67.9 Å². The van der Waals surface area contributed by atoms with Gasteiger partial charge in [0.1, 0.15) is 0 Å². The van der Waals surface area contributed by atoms with E-state index in [-0.39, 0.29) is 24.6 Å². The predicted molar refractivity (Wildman–Crippen MR) is 103 cm³/mol. The van der Waals surface area contributed by atoms with Crippen molar-refractivity contribution in [2.75, 3.05) is 19.9 Å². The van der Waals surface area contributed by atoms with Crippen molar-refractivity contribution in [1.82, 2.24) is 10.2 Å². The summed E-state index contributed by atoms with van der Waals surface area (Å²) in [4.78, 5) is 26.9. The molecule has 0 aromatic heterocycles. The number of amides is 2. The van der Waals surface area contributed by atoms with Gasteiger partial charge in [0.2, 0.25) is 6.79 Å². The zero-order chi connectivity index (χ0) is 18.8. The van der Waals surface area contributed by atoms with Crippen LogP contribution in [0.1, 0.15) is 33.6 Å². The van der Waals surface area contributed by atoms with Gasteiger partial charge in [-0.2, -0.15) is 0 Å². The molecule has 7 heteroatoms. The number of benzene rings is 2. The summed E-state index contributed by atoms with van der Waals surface area (Å²) < 4.78 is 11.5. The second kappa shape index (κ2) is 7.60. The fourth-order valence-electron chi connectivity index (χ4n) is 3.34. The Bertz CT molecular complexity index is 878. The molecule has 2 amide bonds. The van der Waals surface area contributed by atoms with Crippen molar-refractivity contribution in [1.29, 1.82) is 0 Å². The largest absolute Gasteiger partial charge is 0.454 e. The predicted octanol–water partition coefficient (Wildman–Crippen LogP) is 3.21. The van der Waals surface area contributed by atoms with Crippen LogP contribution in [-0.4, -0.2) is 42.6 Å². The van der Waals surface area contributed by atoms with Gasteiger partial charge in [-0.1, -0.05) is 22.0 Å². The lowest BCUT2D eigenvalue weighted by molar-refractivity contribution is 0.0698. The number of hydrogen-bond acceptors (Lipinski definition) is 4. The molecular weight excluding hydrogens is 412 g/mol. The molecule has 1 N–H and O–H groups in total. The van der Waals surface area contributed by atoms with E-state index in [1.807, 2.05) is 29.2 Å². The first-order valence-corrected chi connectivity index (χ1v) is 9.65. The van der Waals surface area contributed by atoms with Crippen molar-refractivity contribution in [3.05, 3.63) is 58.1 Å². The van der Waals surface area contributed by atoms with Gasteiger partial charge in [0, 0.05) is 34.7 Å². The zero-order valence-corrected chi connectivity index (χ0v) is 16.2. The molecule has 27 heavy (non-hydrogen) atoms. The minimum Gasteiger partial charge on any atom is -0.454 e. The molecule has 4 rings (SSSR count). The van der Waals surface area contributed by atoms with Crippen molar-refractivity contribution in [3.63, 3.8) is 0 Å². The number of rotatable bonds is 3. The smallest absolute Gasteiger partial charge is 0.253 e. The molecule has 0 spiro atoms. The lowest BCUT2D eigenvalue weighted by Crippen LogP contribution is -2.46. The SMILES string of the molecule is O=C(NC1CCN(C(=O)c2cccc(Br)c2)CC1)c1ccc2c(c1)OCO2. The number of nitrogens with zero attached hydrogens (tertiary/aromatic N) is 1. The second-order valence-corrected chi connectivity index (χ2v) is 7.53. The molecule has 2 aliphatic heterocycles. The number of piperidine rings is 1. The Hall–Kier alpha value is -2.54. The molecule has 1 saturated heterocycles. The molecule has 0 unspecified atom stereocenters. The number of nitrogens with one attached hydrogen (secondary N) is 1. The fourth-order valence-corrected chi connectivity index (χ4v) is 3.74. The van der Waals surface area contributed by atoms with E-state index in [2.05, 4.69) is 21.2 Å². The molecule has 2 aliphatic rings. The third kappa shape index (κ3) is 3.93. The van der Waals surface area contributed by atoms with Gasteiger partial charge in [-0.15, -0.1) is 0 Å². The maximum atomic E-state index is 12.6. The standard InChI is InChI=1S/C20H19BrN2O4/c21-15-3-1-2-14(10-15)20(25)23-8-6-16(7-9-23)22-19(24)13-4-5-17-18(11-13)27-12-26-17/h1-5,10-11,16H,6-9,12H2,(H,22,24). The first-order chi connectivity index (χ1) is 13.1. The molecule has 0 radical (unpaired) electrons. The third-order valence-electron chi connectivity index (χ3n) is 4.82. The van der Waals surface area contributed by atoms with Gasteiger partial charge in [-0.3, -0.25) is 9.59 Å². The highest BCUT2D eigenvalue weighted by Crippen LogP contribution is 2.32. The van der Waals surface area contributed by atoms with E-state index in [1.165, 1.54) is 0 Å². The number of hydrogen-bond donors (Lipinski definition) is 1. The minimum absolute atomic E-state index is 0.0249. The van der Waals surface area contributed by atoms with E-state index in [0.717, 1.165) is 17.3 Å². The molecule has 140 valence electrons. The highest BCUT2D eigenvalue weighted by atomic mass is 79.9. The van der Waals surface area contributed by atoms with Gasteiger partial charge >= 0.3 is 0 Å². The summed E-state index contributed by atoms with van der Waals surface area (Å²) in [6, 6.07) is 12.6. The van der Waals surface area contributed by atoms with E-state index in [0.29, 0.717) is 35.7 Å². The van der Waals surface area contributed by atoms with Gasteiger partial charge in [-0.05, 0) is 49.2 Å². The fraction of sp³-hybridized carbons (Fsp3) is 0.300. The van der Waals surface area contributed by atoms with Gasteiger partial charge in [0.15, 0.2) is 11.5 Å². The van der Waals surface area contributed by atoms with Crippen molar-refractivity contribution in [2.45, 2.75) is 18.9 Å². The molecule has 0 bridgehead atoms. The maximum Gasteiger partial charge on any atom is 0.253 e. The zero-order valence-electron chi connectivity index (χ0n) is 14.6. The Labute approximate surface area is 165 Å². The van der Waals surface area contributed by atoms with E-state index < -0.39 is 0 Å². The summed E-state index contributed by atoms with van der Waals surface area (Å²) in [6.45, 7) is 1.43. The Balaban J connectivity index is 1.33. The van der Waals surface area contributed by atoms with Crippen LogP contribution in [-0.2, 0) is 0 Å². The molecule has 2 heterocycles. The Morgan fingerprint density at radius 2 is 1.78 bits per heavy atom. The van der Waals surface area contributed by atoms with Crippen molar-refractivity contribution >= 4 is 27.7 Å². The van der Waals surface area contributed by atoms with Crippen LogP contribution in [0.2, 0.25) is 0 Å². The number of carbonyl (C=O) groups is 2. The van der Waals surface area contributed by atoms with Gasteiger partial charge in [0.25, 0.3) is 11.8 Å². The van der Waals surface area contributed by atoms with Gasteiger partial charge in [-0.25, -0.2) is 0 Å². The summed E-state index contributed by atoms with van der Waals surface area (Å²) in [5, 5.41) is 3.05. The van der Waals surface area contributed by atoms with Crippen molar-refractivity contribution in [2.24, 2.45) is 0 Å². The summed E-state index contributed by atoms with van der Waals surface area (Å²) in [5.74, 6) is 1.14. The Kier molecular flexibility index (Phi) is 5.03. The molecule has 0 aliphatic carbocycles. The van der Waals surface area contributed by atoms with E-state index in [4.69, 9.17) is 9.47 Å². The number of likely N-dealkylation sites (tertiary alicyclic amines) is 1. The summed E-state index contributed by atoms with van der Waals surface area (Å²) in [7, 11) is 0. The number of fused-ring (bicyclic) bond motifs is 1. The summed E-state index contributed by atoms with van der Waals surface area (Å²) >= 11 is 3.40. The Morgan fingerprint density at radius 3 is 2.56 bits per heavy atom. The third-order valence-corrected chi connectivity index (χ3v) is 5.32. The van der Waals surface area contributed by atoms with Crippen LogP contribution in [0.5, 0.6) is 11.5 Å². The molecule has 2 aromatic rings. The first kappa shape index (κ1) is 17.9. The van der Waals surface area contributed by atoms with Crippen LogP contribution in [0.4, 0.5) is 0 Å². The average Bonchev–Trinajstić information content (AvgIpc) is 3.16.